The number of benzene rings is 3. The fourth-order valence-electron chi connectivity index (χ4n) is 3.82. The van der Waals surface area contributed by atoms with Gasteiger partial charge in [0.25, 0.3) is 5.91 Å². The molecule has 1 unspecified atom stereocenters. The van der Waals surface area contributed by atoms with Crippen molar-refractivity contribution in [2.75, 3.05) is 37.4 Å². The monoisotopic (exact) mass is 415 g/mol. The molecule has 0 saturated carbocycles. The van der Waals surface area contributed by atoms with E-state index in [4.69, 9.17) is 4.74 Å². The summed E-state index contributed by atoms with van der Waals surface area (Å²) in [4.78, 5) is 17.4. The van der Waals surface area contributed by atoms with Crippen LogP contribution in [0.15, 0.2) is 78.9 Å². The highest BCUT2D eigenvalue weighted by atomic mass is 16.5. The Morgan fingerprint density at radius 2 is 1.81 bits per heavy atom. The van der Waals surface area contributed by atoms with E-state index in [1.807, 2.05) is 54.6 Å². The highest BCUT2D eigenvalue weighted by Crippen LogP contribution is 2.24. The van der Waals surface area contributed by atoms with Gasteiger partial charge in [0.1, 0.15) is 12.4 Å². The molecule has 1 saturated heterocycles. The standard InChI is InChI=1S/C26H29N3O2/c1-28(2)24-15-16-29(18-24)23-13-11-22(12-14-23)27-26(30)21-9-6-10-25(17-21)31-19-20-7-4-3-5-8-20/h3-14,17,24H,15-16,18-19H2,1-2H3,(H,27,30). The zero-order valence-electron chi connectivity index (χ0n) is 18.1. The molecule has 0 aliphatic carbocycles. The summed E-state index contributed by atoms with van der Waals surface area (Å²) in [6, 6.07) is 25.9. The second-order valence-corrected chi connectivity index (χ2v) is 8.16. The first-order valence-corrected chi connectivity index (χ1v) is 10.7. The fourth-order valence-corrected chi connectivity index (χ4v) is 3.82. The summed E-state index contributed by atoms with van der Waals surface area (Å²) < 4.78 is 5.84. The van der Waals surface area contributed by atoms with Crippen molar-refractivity contribution in [2.45, 2.75) is 19.1 Å². The molecule has 0 radical (unpaired) electrons. The van der Waals surface area contributed by atoms with Gasteiger partial charge >= 0.3 is 0 Å². The van der Waals surface area contributed by atoms with Crippen molar-refractivity contribution in [1.29, 1.82) is 0 Å². The summed E-state index contributed by atoms with van der Waals surface area (Å²) in [6.07, 6.45) is 1.17. The molecular formula is C26H29N3O2. The van der Waals surface area contributed by atoms with Gasteiger partial charge in [0, 0.05) is 36.1 Å². The Balaban J connectivity index is 1.35. The lowest BCUT2D eigenvalue weighted by Gasteiger charge is -2.22. The molecule has 5 nitrogen and oxygen atoms in total. The van der Waals surface area contributed by atoms with Gasteiger partial charge in [0.15, 0.2) is 0 Å². The maximum absolute atomic E-state index is 12.7. The molecule has 0 spiro atoms. The van der Waals surface area contributed by atoms with Gasteiger partial charge in [0.2, 0.25) is 0 Å². The molecule has 5 heteroatoms. The topological polar surface area (TPSA) is 44.8 Å². The van der Waals surface area contributed by atoms with E-state index in [2.05, 4.69) is 41.3 Å². The Bertz CT molecular complexity index is 1000. The fraction of sp³-hybridized carbons (Fsp3) is 0.269. The third-order valence-corrected chi connectivity index (χ3v) is 5.73. The van der Waals surface area contributed by atoms with Crippen LogP contribution in [0.2, 0.25) is 0 Å². The molecule has 3 aromatic carbocycles. The van der Waals surface area contributed by atoms with Crippen LogP contribution in [0.4, 0.5) is 11.4 Å². The maximum atomic E-state index is 12.7. The van der Waals surface area contributed by atoms with E-state index < -0.39 is 0 Å². The number of hydrogen-bond acceptors (Lipinski definition) is 4. The predicted molar refractivity (Wildman–Crippen MR) is 126 cm³/mol. The van der Waals surface area contributed by atoms with Crippen molar-refractivity contribution in [1.82, 2.24) is 4.90 Å². The van der Waals surface area contributed by atoms with Crippen molar-refractivity contribution in [3.8, 4) is 5.75 Å². The van der Waals surface area contributed by atoms with Gasteiger partial charge < -0.3 is 19.9 Å². The van der Waals surface area contributed by atoms with Crippen LogP contribution in [0.3, 0.4) is 0 Å². The first-order chi connectivity index (χ1) is 15.1. The summed E-state index contributed by atoms with van der Waals surface area (Å²) in [6.45, 7) is 2.57. The molecule has 1 fully saturated rings. The second-order valence-electron chi connectivity index (χ2n) is 8.16. The highest BCUT2D eigenvalue weighted by Gasteiger charge is 2.24. The Labute approximate surface area is 184 Å². The molecule has 1 amide bonds. The van der Waals surface area contributed by atoms with E-state index in [0.29, 0.717) is 24.0 Å². The van der Waals surface area contributed by atoms with Crippen molar-refractivity contribution in [3.05, 3.63) is 90.0 Å². The minimum Gasteiger partial charge on any atom is -0.489 e. The van der Waals surface area contributed by atoms with Gasteiger partial charge in [-0.1, -0.05) is 36.4 Å². The Morgan fingerprint density at radius 3 is 2.52 bits per heavy atom. The zero-order valence-corrected chi connectivity index (χ0v) is 18.1. The minimum atomic E-state index is -0.147. The van der Waals surface area contributed by atoms with Crippen LogP contribution in [0.5, 0.6) is 5.75 Å². The van der Waals surface area contributed by atoms with E-state index in [1.54, 1.807) is 12.1 Å². The smallest absolute Gasteiger partial charge is 0.255 e. The summed E-state index contributed by atoms with van der Waals surface area (Å²) in [5.74, 6) is 0.531. The lowest BCUT2D eigenvalue weighted by molar-refractivity contribution is 0.102. The quantitative estimate of drug-likeness (QED) is 0.610. The van der Waals surface area contributed by atoms with Crippen molar-refractivity contribution >= 4 is 17.3 Å². The summed E-state index contributed by atoms with van der Waals surface area (Å²) >= 11 is 0. The summed E-state index contributed by atoms with van der Waals surface area (Å²) in [7, 11) is 4.27. The molecule has 0 aromatic heterocycles. The minimum absolute atomic E-state index is 0.147. The number of amides is 1. The molecule has 31 heavy (non-hydrogen) atoms. The number of ether oxygens (including phenoxy) is 1. The van der Waals surface area contributed by atoms with Gasteiger partial charge in [0.05, 0.1) is 0 Å². The van der Waals surface area contributed by atoms with E-state index >= 15 is 0 Å². The number of rotatable bonds is 7. The zero-order chi connectivity index (χ0) is 21.6. The van der Waals surface area contributed by atoms with Crippen LogP contribution >= 0.6 is 0 Å². The second kappa shape index (κ2) is 9.67. The lowest BCUT2D eigenvalue weighted by Crippen LogP contribution is -2.31. The third kappa shape index (κ3) is 5.44. The Hall–Kier alpha value is -3.31. The van der Waals surface area contributed by atoms with Crippen molar-refractivity contribution in [3.63, 3.8) is 0 Å². The predicted octanol–water partition coefficient (Wildman–Crippen LogP) is 4.66. The molecule has 4 rings (SSSR count). The normalized spacial score (nSPS) is 15.8. The van der Waals surface area contributed by atoms with Gasteiger partial charge in [-0.05, 0) is 68.5 Å². The molecule has 1 heterocycles. The summed E-state index contributed by atoms with van der Waals surface area (Å²) in [5, 5.41) is 2.98. The third-order valence-electron chi connectivity index (χ3n) is 5.73. The van der Waals surface area contributed by atoms with E-state index in [1.165, 1.54) is 12.1 Å². The molecular weight excluding hydrogens is 386 g/mol. The van der Waals surface area contributed by atoms with E-state index in [9.17, 15) is 4.79 Å². The van der Waals surface area contributed by atoms with Gasteiger partial charge in [-0.2, -0.15) is 0 Å². The first kappa shape index (κ1) is 20.9. The van der Waals surface area contributed by atoms with E-state index in [0.717, 1.165) is 24.3 Å². The number of carbonyl (C=O) groups excluding carboxylic acids is 1. The van der Waals surface area contributed by atoms with Gasteiger partial charge in [-0.15, -0.1) is 0 Å². The molecule has 160 valence electrons. The number of likely N-dealkylation sites (N-methyl/N-ethyl adjacent to an activating group) is 1. The number of nitrogens with zero attached hydrogens (tertiary/aromatic N) is 2. The molecule has 1 aliphatic heterocycles. The lowest BCUT2D eigenvalue weighted by atomic mass is 10.2. The first-order valence-electron chi connectivity index (χ1n) is 10.7. The average Bonchev–Trinajstić information content (AvgIpc) is 3.30. The molecule has 0 bridgehead atoms. The maximum Gasteiger partial charge on any atom is 0.255 e. The summed E-state index contributed by atoms with van der Waals surface area (Å²) in [5.41, 5.74) is 3.64. The van der Waals surface area contributed by atoms with E-state index in [-0.39, 0.29) is 5.91 Å². The van der Waals surface area contributed by atoms with Crippen LogP contribution in [0.25, 0.3) is 0 Å². The number of anilines is 2. The van der Waals surface area contributed by atoms with Crippen LogP contribution in [-0.4, -0.2) is 44.0 Å². The number of nitrogens with one attached hydrogen (secondary N) is 1. The van der Waals surface area contributed by atoms with Crippen LogP contribution in [0.1, 0.15) is 22.3 Å². The number of hydrogen-bond donors (Lipinski definition) is 1. The van der Waals surface area contributed by atoms with Gasteiger partial charge in [-0.25, -0.2) is 0 Å². The molecule has 1 aliphatic rings. The largest absolute Gasteiger partial charge is 0.489 e. The molecule has 1 atom stereocenters. The van der Waals surface area contributed by atoms with Crippen LogP contribution in [-0.2, 0) is 6.61 Å². The van der Waals surface area contributed by atoms with Crippen molar-refractivity contribution in [2.24, 2.45) is 0 Å². The Kier molecular flexibility index (Phi) is 6.53. The highest BCUT2D eigenvalue weighted by molar-refractivity contribution is 6.04. The van der Waals surface area contributed by atoms with Crippen LogP contribution in [0, 0.1) is 0 Å². The number of carbonyl (C=O) groups is 1. The molecule has 3 aromatic rings. The van der Waals surface area contributed by atoms with Gasteiger partial charge in [-0.3, -0.25) is 4.79 Å². The average molecular weight is 416 g/mol. The Morgan fingerprint density at radius 1 is 1.03 bits per heavy atom. The molecule has 1 N–H and O–H groups in total. The SMILES string of the molecule is CN(C)C1CCN(c2ccc(NC(=O)c3cccc(OCc4ccccc4)c3)cc2)C1. The van der Waals surface area contributed by atoms with Crippen molar-refractivity contribution < 1.29 is 9.53 Å². The van der Waals surface area contributed by atoms with Crippen LogP contribution < -0.4 is 15.0 Å².